The maximum atomic E-state index is 12.7. The van der Waals surface area contributed by atoms with Crippen LogP contribution in [0.15, 0.2) is 29.4 Å². The molecule has 3 aromatic rings. The summed E-state index contributed by atoms with van der Waals surface area (Å²) in [5.74, 6) is 0.232. The molecule has 180 valence electrons. The maximum absolute atomic E-state index is 12.7. The molecule has 0 unspecified atom stereocenters. The van der Waals surface area contributed by atoms with Gasteiger partial charge in [-0.3, -0.25) is 9.59 Å². The van der Waals surface area contributed by atoms with Crippen molar-refractivity contribution in [2.75, 3.05) is 29.1 Å². The molecule has 1 aromatic carbocycles. The van der Waals surface area contributed by atoms with Crippen molar-refractivity contribution >= 4 is 45.6 Å². The van der Waals surface area contributed by atoms with Crippen molar-refractivity contribution in [3.8, 4) is 11.4 Å². The van der Waals surface area contributed by atoms with Gasteiger partial charge in [-0.1, -0.05) is 11.8 Å². The zero-order valence-electron chi connectivity index (χ0n) is 19.8. The van der Waals surface area contributed by atoms with Crippen LogP contribution in [0.5, 0.6) is 0 Å². The molecule has 34 heavy (non-hydrogen) atoms. The first kappa shape index (κ1) is 24.3. The van der Waals surface area contributed by atoms with Crippen LogP contribution in [0.3, 0.4) is 0 Å². The molecule has 0 saturated heterocycles. The van der Waals surface area contributed by atoms with Crippen LogP contribution in [-0.4, -0.2) is 45.4 Å². The van der Waals surface area contributed by atoms with Gasteiger partial charge in [-0.2, -0.15) is 0 Å². The highest BCUT2D eigenvalue weighted by Crippen LogP contribution is 2.38. The number of aryl methyl sites for hydroxylation is 1. The average molecular weight is 499 g/mol. The van der Waals surface area contributed by atoms with Crippen molar-refractivity contribution in [3.05, 3.63) is 40.3 Å². The van der Waals surface area contributed by atoms with Crippen LogP contribution >= 0.6 is 23.1 Å². The van der Waals surface area contributed by atoms with E-state index in [0.717, 1.165) is 60.6 Å². The van der Waals surface area contributed by atoms with E-state index in [1.807, 2.05) is 23.7 Å². The minimum absolute atomic E-state index is 0.160. The first-order valence-corrected chi connectivity index (χ1v) is 13.3. The number of thioether (sulfide) groups is 1. The third-order valence-corrected chi connectivity index (χ3v) is 8.32. The van der Waals surface area contributed by atoms with E-state index in [-0.39, 0.29) is 11.7 Å². The van der Waals surface area contributed by atoms with Crippen molar-refractivity contribution in [1.82, 2.24) is 14.8 Å². The Morgan fingerprint density at radius 3 is 2.53 bits per heavy atom. The number of carbonyl (C=O) groups excluding carboxylic acids is 2. The van der Waals surface area contributed by atoms with Crippen molar-refractivity contribution in [2.45, 2.75) is 44.7 Å². The molecular weight excluding hydrogens is 468 g/mol. The Morgan fingerprint density at radius 2 is 1.85 bits per heavy atom. The van der Waals surface area contributed by atoms with Crippen LogP contribution in [0, 0.1) is 0 Å². The fourth-order valence-electron chi connectivity index (χ4n) is 4.31. The van der Waals surface area contributed by atoms with E-state index < -0.39 is 5.91 Å². The number of anilines is 2. The monoisotopic (exact) mass is 498 g/mol. The lowest BCUT2D eigenvalue weighted by Gasteiger charge is -2.21. The van der Waals surface area contributed by atoms with Gasteiger partial charge in [0.25, 0.3) is 5.91 Å². The lowest BCUT2D eigenvalue weighted by atomic mass is 9.95. The van der Waals surface area contributed by atoms with Crippen LogP contribution in [-0.2, 0) is 24.7 Å². The van der Waals surface area contributed by atoms with E-state index in [0.29, 0.717) is 15.7 Å². The van der Waals surface area contributed by atoms with Crippen molar-refractivity contribution in [1.29, 1.82) is 0 Å². The van der Waals surface area contributed by atoms with Gasteiger partial charge >= 0.3 is 0 Å². The van der Waals surface area contributed by atoms with Gasteiger partial charge in [0, 0.05) is 36.3 Å². The SMILES string of the molecule is CCN(CC)c1ccc(-c2nnc(SCC(=O)Nc3sc4c(c3C(N)=O)CCCC4)n2C)cc1. The number of hydrogen-bond acceptors (Lipinski definition) is 7. The molecule has 8 nitrogen and oxygen atoms in total. The predicted molar refractivity (Wildman–Crippen MR) is 139 cm³/mol. The number of nitrogens with zero attached hydrogens (tertiary/aromatic N) is 4. The highest BCUT2D eigenvalue weighted by Gasteiger charge is 2.25. The molecule has 1 aliphatic rings. The van der Waals surface area contributed by atoms with Gasteiger partial charge in [0.2, 0.25) is 5.91 Å². The molecule has 0 saturated carbocycles. The summed E-state index contributed by atoms with van der Waals surface area (Å²) in [6.45, 7) is 6.19. The number of amides is 2. The summed E-state index contributed by atoms with van der Waals surface area (Å²) in [6, 6.07) is 8.27. The van der Waals surface area contributed by atoms with E-state index in [1.54, 1.807) is 0 Å². The standard InChI is InChI=1S/C24H30N6O2S2/c1-4-30(5-2)16-12-10-15(11-13-16)22-27-28-24(29(22)3)33-14-19(31)26-23-20(21(25)32)17-8-6-7-9-18(17)34-23/h10-13H,4-9,14H2,1-3H3,(H2,25,32)(H,26,31). The van der Waals surface area contributed by atoms with Gasteiger partial charge in [-0.25, -0.2) is 0 Å². The number of hydrogen-bond donors (Lipinski definition) is 2. The molecule has 0 atom stereocenters. The molecule has 2 aromatic heterocycles. The molecule has 3 N–H and O–H groups in total. The minimum atomic E-state index is -0.479. The number of aromatic nitrogens is 3. The van der Waals surface area contributed by atoms with Crippen LogP contribution in [0.1, 0.15) is 47.5 Å². The van der Waals surface area contributed by atoms with Gasteiger partial charge < -0.3 is 20.5 Å². The van der Waals surface area contributed by atoms with Crippen molar-refractivity contribution in [2.24, 2.45) is 12.8 Å². The van der Waals surface area contributed by atoms with Gasteiger partial charge in [-0.15, -0.1) is 21.5 Å². The van der Waals surface area contributed by atoms with E-state index in [1.165, 1.54) is 28.8 Å². The van der Waals surface area contributed by atoms with E-state index in [4.69, 9.17) is 5.73 Å². The third kappa shape index (κ3) is 4.97. The quantitative estimate of drug-likeness (QED) is 0.430. The normalized spacial score (nSPS) is 12.9. The van der Waals surface area contributed by atoms with E-state index in [9.17, 15) is 9.59 Å². The molecular formula is C24H30N6O2S2. The highest BCUT2D eigenvalue weighted by molar-refractivity contribution is 7.99. The van der Waals surface area contributed by atoms with Crippen LogP contribution < -0.4 is 16.0 Å². The Balaban J connectivity index is 1.42. The Bertz CT molecular complexity index is 1180. The largest absolute Gasteiger partial charge is 0.372 e. The smallest absolute Gasteiger partial charge is 0.251 e. The second-order valence-corrected chi connectivity index (χ2v) is 10.2. The molecule has 1 aliphatic carbocycles. The summed E-state index contributed by atoms with van der Waals surface area (Å²) in [7, 11) is 1.90. The molecule has 4 rings (SSSR count). The number of nitrogens with two attached hydrogens (primary N) is 1. The summed E-state index contributed by atoms with van der Waals surface area (Å²) in [5.41, 5.74) is 9.26. The van der Waals surface area contributed by atoms with Crippen LogP contribution in [0.25, 0.3) is 11.4 Å². The summed E-state index contributed by atoms with van der Waals surface area (Å²) >= 11 is 2.78. The zero-order chi connectivity index (χ0) is 24.2. The second-order valence-electron chi connectivity index (χ2n) is 8.20. The summed E-state index contributed by atoms with van der Waals surface area (Å²) in [6.07, 6.45) is 3.91. The highest BCUT2D eigenvalue weighted by atomic mass is 32.2. The Hall–Kier alpha value is -2.85. The van der Waals surface area contributed by atoms with E-state index >= 15 is 0 Å². The number of fused-ring (bicyclic) bond motifs is 1. The molecule has 0 spiro atoms. The lowest BCUT2D eigenvalue weighted by molar-refractivity contribution is -0.113. The molecule has 0 bridgehead atoms. The second kappa shape index (κ2) is 10.6. The first-order chi connectivity index (χ1) is 16.4. The number of benzene rings is 1. The Labute approximate surface area is 207 Å². The Morgan fingerprint density at radius 1 is 1.15 bits per heavy atom. The topological polar surface area (TPSA) is 106 Å². The molecule has 2 amide bonds. The number of primary amides is 1. The lowest BCUT2D eigenvalue weighted by Crippen LogP contribution is -2.21. The van der Waals surface area contributed by atoms with Gasteiger partial charge in [0.15, 0.2) is 11.0 Å². The molecule has 10 heteroatoms. The van der Waals surface area contributed by atoms with Crippen molar-refractivity contribution in [3.63, 3.8) is 0 Å². The summed E-state index contributed by atoms with van der Waals surface area (Å²) < 4.78 is 1.89. The average Bonchev–Trinajstić information content (AvgIpc) is 3.38. The number of carbonyl (C=O) groups is 2. The molecule has 0 radical (unpaired) electrons. The van der Waals surface area contributed by atoms with Gasteiger partial charge in [-0.05, 0) is 69.4 Å². The predicted octanol–water partition coefficient (Wildman–Crippen LogP) is 4.10. The molecule has 0 aliphatic heterocycles. The fourth-order valence-corrected chi connectivity index (χ4v) is 6.33. The van der Waals surface area contributed by atoms with E-state index in [2.05, 4.69) is 46.4 Å². The zero-order valence-corrected chi connectivity index (χ0v) is 21.4. The molecule has 2 heterocycles. The summed E-state index contributed by atoms with van der Waals surface area (Å²) in [4.78, 5) is 28.2. The minimum Gasteiger partial charge on any atom is -0.372 e. The van der Waals surface area contributed by atoms with Crippen molar-refractivity contribution < 1.29 is 9.59 Å². The number of thiophene rings is 1. The number of rotatable bonds is 9. The first-order valence-electron chi connectivity index (χ1n) is 11.5. The Kier molecular flexibility index (Phi) is 7.57. The third-order valence-electron chi connectivity index (χ3n) is 6.09. The molecule has 0 fully saturated rings. The maximum Gasteiger partial charge on any atom is 0.251 e. The van der Waals surface area contributed by atoms with Gasteiger partial charge in [0.1, 0.15) is 5.00 Å². The summed E-state index contributed by atoms with van der Waals surface area (Å²) in [5, 5.41) is 12.7. The number of nitrogens with one attached hydrogen (secondary N) is 1. The fraction of sp³-hybridized carbons (Fsp3) is 0.417. The van der Waals surface area contributed by atoms with Crippen LogP contribution in [0.4, 0.5) is 10.7 Å². The van der Waals surface area contributed by atoms with Gasteiger partial charge in [0.05, 0.1) is 11.3 Å². The van der Waals surface area contributed by atoms with Crippen LogP contribution in [0.2, 0.25) is 0 Å².